The molecule has 122 valence electrons. The van der Waals surface area contributed by atoms with Gasteiger partial charge in [-0.25, -0.2) is 0 Å². The van der Waals surface area contributed by atoms with E-state index in [1.54, 1.807) is 13.8 Å². The fourth-order valence-electron chi connectivity index (χ4n) is 2.28. The third-order valence-electron chi connectivity index (χ3n) is 3.64. The molecule has 1 aromatic carbocycles. The van der Waals surface area contributed by atoms with Crippen LogP contribution in [0.15, 0.2) is 28.7 Å². The van der Waals surface area contributed by atoms with Crippen LogP contribution in [0.3, 0.4) is 0 Å². The van der Waals surface area contributed by atoms with Gasteiger partial charge in [0.05, 0.1) is 10.8 Å². The first-order valence-corrected chi connectivity index (χ1v) is 7.93. The van der Waals surface area contributed by atoms with Crippen LogP contribution in [-0.2, 0) is 11.2 Å². The number of nitro groups is 1. The van der Waals surface area contributed by atoms with Crippen LogP contribution < -0.4 is 5.32 Å². The van der Waals surface area contributed by atoms with E-state index in [0.717, 1.165) is 17.7 Å². The zero-order valence-electron chi connectivity index (χ0n) is 13.0. The number of hydrogen-bond acceptors (Lipinski definition) is 4. The minimum Gasteiger partial charge on any atom is -0.358 e. The van der Waals surface area contributed by atoms with E-state index >= 15 is 0 Å². The van der Waals surface area contributed by atoms with E-state index in [2.05, 4.69) is 26.3 Å². The van der Waals surface area contributed by atoms with Crippen LogP contribution >= 0.6 is 15.9 Å². The smallest absolute Gasteiger partial charge is 0.358 e. The molecule has 0 aliphatic rings. The first-order valence-electron chi connectivity index (χ1n) is 7.14. The monoisotopic (exact) mass is 380 g/mol. The van der Waals surface area contributed by atoms with Gasteiger partial charge in [0.25, 0.3) is 5.91 Å². The van der Waals surface area contributed by atoms with Gasteiger partial charge in [-0.2, -0.15) is 4.68 Å². The Labute approximate surface area is 142 Å². The Morgan fingerprint density at radius 1 is 1.48 bits per heavy atom. The molecule has 0 aliphatic heterocycles. The van der Waals surface area contributed by atoms with Crippen LogP contribution in [0, 0.1) is 17.0 Å². The predicted molar refractivity (Wildman–Crippen MR) is 90.5 cm³/mol. The third kappa shape index (κ3) is 3.42. The zero-order valence-corrected chi connectivity index (χ0v) is 14.6. The molecular weight excluding hydrogens is 364 g/mol. The Kier molecular flexibility index (Phi) is 5.15. The summed E-state index contributed by atoms with van der Waals surface area (Å²) in [4.78, 5) is 22.8. The number of amides is 1. The van der Waals surface area contributed by atoms with Gasteiger partial charge < -0.3 is 15.4 Å². The second kappa shape index (κ2) is 6.91. The Morgan fingerprint density at radius 2 is 2.13 bits per heavy atom. The molecule has 0 radical (unpaired) electrons. The lowest BCUT2D eigenvalue weighted by atomic mass is 10.1. The summed E-state index contributed by atoms with van der Waals surface area (Å²) in [5.74, 6) is -0.574. The molecule has 0 unspecified atom stereocenters. The highest BCUT2D eigenvalue weighted by Crippen LogP contribution is 2.29. The molecule has 1 amide bonds. The molecule has 0 fully saturated rings. The summed E-state index contributed by atoms with van der Waals surface area (Å²) in [5, 5.41) is 17.7. The highest BCUT2D eigenvalue weighted by atomic mass is 79.9. The molecule has 7 nitrogen and oxygen atoms in total. The van der Waals surface area contributed by atoms with Crippen molar-refractivity contribution >= 4 is 33.3 Å². The van der Waals surface area contributed by atoms with Gasteiger partial charge >= 0.3 is 5.82 Å². The number of para-hydroxylation sites is 1. The third-order valence-corrected chi connectivity index (χ3v) is 4.56. The molecule has 1 aromatic heterocycles. The topological polar surface area (TPSA) is 90.1 Å². The van der Waals surface area contributed by atoms with Gasteiger partial charge in [0.15, 0.2) is 0 Å². The average Bonchev–Trinajstić information content (AvgIpc) is 2.83. The van der Waals surface area contributed by atoms with Crippen LogP contribution in [0.4, 0.5) is 11.5 Å². The molecule has 23 heavy (non-hydrogen) atoms. The Morgan fingerprint density at radius 3 is 2.70 bits per heavy atom. The molecule has 2 aromatic rings. The summed E-state index contributed by atoms with van der Waals surface area (Å²) in [6, 6.07) is 6.86. The minimum absolute atomic E-state index is 0.279. The number of nitrogens with zero attached hydrogens (tertiary/aromatic N) is 3. The quantitative estimate of drug-likeness (QED) is 0.633. The van der Waals surface area contributed by atoms with Crippen molar-refractivity contribution < 1.29 is 9.72 Å². The van der Waals surface area contributed by atoms with Crippen molar-refractivity contribution in [2.75, 3.05) is 5.32 Å². The normalized spacial score (nSPS) is 12.0. The Hall–Kier alpha value is -2.22. The summed E-state index contributed by atoms with van der Waals surface area (Å²) >= 11 is 3.15. The first kappa shape index (κ1) is 17.1. The molecule has 2 rings (SSSR count). The summed E-state index contributed by atoms with van der Waals surface area (Å²) in [5.41, 5.74) is 2.30. The number of rotatable bonds is 5. The lowest BCUT2D eigenvalue weighted by Gasteiger charge is -2.13. The number of carbonyl (C=O) groups excluding carboxylic acids is 1. The number of halogens is 1. The lowest BCUT2D eigenvalue weighted by molar-refractivity contribution is -0.390. The maximum absolute atomic E-state index is 12.5. The number of nitrogens with one attached hydrogen (secondary N) is 1. The van der Waals surface area contributed by atoms with E-state index < -0.39 is 11.0 Å². The van der Waals surface area contributed by atoms with Crippen LogP contribution in [0.2, 0.25) is 0 Å². The Bertz CT molecular complexity index is 757. The number of anilines is 1. The molecule has 1 atom stereocenters. The molecule has 0 aliphatic carbocycles. The van der Waals surface area contributed by atoms with E-state index in [1.165, 1.54) is 4.68 Å². The lowest BCUT2D eigenvalue weighted by Crippen LogP contribution is -2.25. The van der Waals surface area contributed by atoms with E-state index in [4.69, 9.17) is 0 Å². The molecule has 0 saturated heterocycles. The van der Waals surface area contributed by atoms with E-state index in [-0.39, 0.29) is 16.2 Å². The molecule has 1 N–H and O–H groups in total. The van der Waals surface area contributed by atoms with Crippen molar-refractivity contribution in [3.63, 3.8) is 0 Å². The second-order valence-corrected chi connectivity index (χ2v) is 5.89. The van der Waals surface area contributed by atoms with Gasteiger partial charge in [-0.1, -0.05) is 25.1 Å². The van der Waals surface area contributed by atoms with Crippen molar-refractivity contribution in [2.24, 2.45) is 0 Å². The van der Waals surface area contributed by atoms with Crippen molar-refractivity contribution in [3.05, 3.63) is 50.1 Å². The average molecular weight is 381 g/mol. The van der Waals surface area contributed by atoms with Crippen molar-refractivity contribution in [1.29, 1.82) is 0 Å². The number of hydrogen-bond donors (Lipinski definition) is 1. The van der Waals surface area contributed by atoms with Gasteiger partial charge in [0.2, 0.25) is 0 Å². The second-order valence-electron chi connectivity index (χ2n) is 5.10. The summed E-state index contributed by atoms with van der Waals surface area (Å²) in [6.45, 7) is 5.33. The Balaban J connectivity index is 2.27. The highest BCUT2D eigenvalue weighted by molar-refractivity contribution is 9.10. The number of benzene rings is 1. The number of aromatic nitrogens is 2. The fraction of sp³-hybridized carbons (Fsp3) is 0.333. The van der Waals surface area contributed by atoms with Crippen molar-refractivity contribution in [3.8, 4) is 0 Å². The predicted octanol–water partition coefficient (Wildman–Crippen LogP) is 3.62. The minimum atomic E-state index is -0.676. The molecule has 8 heteroatoms. The highest BCUT2D eigenvalue weighted by Gasteiger charge is 2.29. The van der Waals surface area contributed by atoms with Gasteiger partial charge in [0, 0.05) is 5.69 Å². The molecule has 0 bridgehead atoms. The zero-order chi connectivity index (χ0) is 17.1. The van der Waals surface area contributed by atoms with E-state index in [0.29, 0.717) is 5.69 Å². The number of aryl methyl sites for hydroxylation is 1. The van der Waals surface area contributed by atoms with Gasteiger partial charge in [-0.15, -0.1) is 0 Å². The SMILES string of the molecule is CCc1ccccc1NC(=O)[C@H](C)n1nc([N+](=O)[O-])c(Br)c1C. The maximum Gasteiger partial charge on any atom is 0.404 e. The largest absolute Gasteiger partial charge is 0.404 e. The van der Waals surface area contributed by atoms with Crippen LogP contribution in [0.25, 0.3) is 0 Å². The van der Waals surface area contributed by atoms with Gasteiger partial charge in [-0.05, 0) is 52.8 Å². The van der Waals surface area contributed by atoms with Gasteiger partial charge in [0.1, 0.15) is 10.5 Å². The summed E-state index contributed by atoms with van der Waals surface area (Å²) in [7, 11) is 0. The van der Waals surface area contributed by atoms with Crippen LogP contribution in [0.5, 0.6) is 0 Å². The van der Waals surface area contributed by atoms with Crippen molar-refractivity contribution in [1.82, 2.24) is 9.78 Å². The fourth-order valence-corrected chi connectivity index (χ4v) is 2.68. The molecule has 0 saturated carbocycles. The standard InChI is InChI=1S/C15H17BrN4O3/c1-4-11-7-5-6-8-12(11)17-15(21)10(3)19-9(2)13(16)14(18-19)20(22)23/h5-8,10H,4H2,1-3H3,(H,17,21)/t10-/m0/s1. The van der Waals surface area contributed by atoms with Crippen molar-refractivity contribution in [2.45, 2.75) is 33.2 Å². The maximum atomic E-state index is 12.5. The molecular formula is C15H17BrN4O3. The van der Waals surface area contributed by atoms with Crippen LogP contribution in [-0.4, -0.2) is 20.6 Å². The van der Waals surface area contributed by atoms with Crippen LogP contribution in [0.1, 0.15) is 31.1 Å². The summed E-state index contributed by atoms with van der Waals surface area (Å²) < 4.78 is 1.64. The van der Waals surface area contributed by atoms with E-state index in [1.807, 2.05) is 31.2 Å². The first-order chi connectivity index (χ1) is 10.9. The molecule has 1 heterocycles. The van der Waals surface area contributed by atoms with E-state index in [9.17, 15) is 14.9 Å². The van der Waals surface area contributed by atoms with Gasteiger partial charge in [-0.3, -0.25) is 4.79 Å². The summed E-state index contributed by atoms with van der Waals surface area (Å²) in [6.07, 6.45) is 0.794. The molecule has 0 spiro atoms. The number of carbonyl (C=O) groups is 1.